The van der Waals surface area contributed by atoms with E-state index < -0.39 is 0 Å². The Morgan fingerprint density at radius 1 is 0.429 bits per heavy atom. The number of nitriles is 1. The summed E-state index contributed by atoms with van der Waals surface area (Å²) >= 11 is 0. The summed E-state index contributed by atoms with van der Waals surface area (Å²) in [4.78, 5) is 2.30. The zero-order valence-corrected chi connectivity index (χ0v) is 34.9. The van der Waals surface area contributed by atoms with Crippen molar-refractivity contribution in [1.82, 2.24) is 0 Å². The quantitative estimate of drug-likeness (QED) is 0.168. The fraction of sp³-hybridized carbons (Fsp3) is 0.0500. The molecule has 11 aromatic rings. The van der Waals surface area contributed by atoms with Crippen molar-refractivity contribution in [2.45, 2.75) is 19.3 Å². The Bertz CT molecular complexity index is 3630. The molecular formula is C60H40N2O. The average molecular weight is 805 g/mol. The van der Waals surface area contributed by atoms with Gasteiger partial charge in [-0.2, -0.15) is 5.26 Å². The second-order valence-corrected chi connectivity index (χ2v) is 17.2. The smallest absolute Gasteiger partial charge is 0.143 e. The van der Waals surface area contributed by atoms with Crippen LogP contribution in [-0.2, 0) is 5.41 Å². The monoisotopic (exact) mass is 804 g/mol. The van der Waals surface area contributed by atoms with Crippen molar-refractivity contribution < 1.29 is 4.42 Å². The van der Waals surface area contributed by atoms with Crippen LogP contribution in [-0.4, -0.2) is 0 Å². The summed E-state index contributed by atoms with van der Waals surface area (Å²) in [5, 5.41) is 16.8. The van der Waals surface area contributed by atoms with Crippen LogP contribution in [0.5, 0.6) is 0 Å². The van der Waals surface area contributed by atoms with E-state index >= 15 is 0 Å². The molecule has 296 valence electrons. The van der Waals surface area contributed by atoms with Gasteiger partial charge in [0, 0.05) is 38.8 Å². The molecule has 0 N–H and O–H groups in total. The molecule has 0 saturated heterocycles. The van der Waals surface area contributed by atoms with Gasteiger partial charge in [-0.3, -0.25) is 0 Å². The van der Waals surface area contributed by atoms with E-state index in [1.54, 1.807) is 0 Å². The molecule has 0 atom stereocenters. The van der Waals surface area contributed by atoms with Crippen molar-refractivity contribution in [2.75, 3.05) is 4.90 Å². The maximum absolute atomic E-state index is 9.65. The van der Waals surface area contributed by atoms with Crippen LogP contribution in [0.3, 0.4) is 0 Å². The summed E-state index contributed by atoms with van der Waals surface area (Å²) in [7, 11) is 0. The second kappa shape index (κ2) is 14.2. The molecule has 63 heavy (non-hydrogen) atoms. The SMILES string of the molecule is CC1(C)c2cc(-c3ccccc3)ccc2-c2ccc(N(c3ccc(C#N)cc3)c3ccc(-c4ccc(-c5cc6ccccc6c6c5oc5ccc7ccccc7c56)cc4)cc3)cc21. The van der Waals surface area contributed by atoms with Gasteiger partial charge in [0.25, 0.3) is 0 Å². The summed E-state index contributed by atoms with van der Waals surface area (Å²) in [5.41, 5.74) is 17.5. The molecule has 1 aromatic heterocycles. The van der Waals surface area contributed by atoms with E-state index in [0.717, 1.165) is 55.9 Å². The minimum atomic E-state index is -0.199. The van der Waals surface area contributed by atoms with Crippen molar-refractivity contribution in [3.8, 4) is 50.6 Å². The fourth-order valence-corrected chi connectivity index (χ4v) is 10.1. The number of fused-ring (bicyclic) bond motifs is 10. The highest BCUT2D eigenvalue weighted by molar-refractivity contribution is 6.28. The lowest BCUT2D eigenvalue weighted by Gasteiger charge is -2.28. The molecule has 0 amide bonds. The maximum Gasteiger partial charge on any atom is 0.143 e. The molecule has 0 radical (unpaired) electrons. The van der Waals surface area contributed by atoms with Crippen LogP contribution in [0.2, 0.25) is 0 Å². The molecule has 0 bridgehead atoms. The van der Waals surface area contributed by atoms with Crippen LogP contribution in [0.4, 0.5) is 17.1 Å². The predicted molar refractivity (Wildman–Crippen MR) is 262 cm³/mol. The zero-order valence-electron chi connectivity index (χ0n) is 34.9. The highest BCUT2D eigenvalue weighted by Gasteiger charge is 2.36. The van der Waals surface area contributed by atoms with Gasteiger partial charge in [0.15, 0.2) is 0 Å². The van der Waals surface area contributed by atoms with Crippen molar-refractivity contribution in [2.24, 2.45) is 0 Å². The standard InChI is InChI=1S/C60H40N2O/c1-60(2)54-35-44(39-10-4-3-5-11-39)24-31-51(54)52-32-30-48(36-55(52)60)62(46-26-16-38(37-61)17-27-46)47-28-22-41(23-29-47)40-18-20-43(21-19-40)53-34-45-13-7-9-15-50(45)58-57-49-14-8-6-12-42(49)25-33-56(57)63-59(53)58/h3-36H,1-2H3. The third-order valence-corrected chi connectivity index (χ3v) is 13.3. The van der Waals surface area contributed by atoms with Crippen LogP contribution in [0.15, 0.2) is 211 Å². The van der Waals surface area contributed by atoms with Crippen molar-refractivity contribution in [3.63, 3.8) is 0 Å². The number of anilines is 3. The highest BCUT2D eigenvalue weighted by Crippen LogP contribution is 2.52. The lowest BCUT2D eigenvalue weighted by Crippen LogP contribution is -2.16. The van der Waals surface area contributed by atoms with Crippen LogP contribution in [0.1, 0.15) is 30.5 Å². The maximum atomic E-state index is 9.65. The molecule has 0 spiro atoms. The second-order valence-electron chi connectivity index (χ2n) is 17.2. The van der Waals surface area contributed by atoms with Gasteiger partial charge in [-0.15, -0.1) is 0 Å². The van der Waals surface area contributed by atoms with Crippen LogP contribution in [0.25, 0.3) is 88.0 Å². The van der Waals surface area contributed by atoms with E-state index in [0.29, 0.717) is 5.56 Å². The van der Waals surface area contributed by atoms with Gasteiger partial charge in [-0.05, 0) is 138 Å². The topological polar surface area (TPSA) is 40.2 Å². The molecule has 0 fully saturated rings. The Morgan fingerprint density at radius 3 is 1.68 bits per heavy atom. The van der Waals surface area contributed by atoms with E-state index in [-0.39, 0.29) is 5.41 Å². The average Bonchev–Trinajstić information content (AvgIpc) is 3.85. The van der Waals surface area contributed by atoms with E-state index in [2.05, 4.69) is 207 Å². The first-order valence-corrected chi connectivity index (χ1v) is 21.5. The minimum absolute atomic E-state index is 0.199. The first kappa shape index (κ1) is 36.6. The first-order chi connectivity index (χ1) is 30.9. The van der Waals surface area contributed by atoms with Gasteiger partial charge in [-0.25, -0.2) is 0 Å². The normalized spacial score (nSPS) is 12.7. The van der Waals surface area contributed by atoms with Gasteiger partial charge in [0.1, 0.15) is 11.2 Å². The number of furan rings is 1. The van der Waals surface area contributed by atoms with Gasteiger partial charge < -0.3 is 9.32 Å². The highest BCUT2D eigenvalue weighted by atomic mass is 16.3. The molecule has 0 aliphatic heterocycles. The molecule has 3 nitrogen and oxygen atoms in total. The zero-order chi connectivity index (χ0) is 42.2. The van der Waals surface area contributed by atoms with E-state index in [1.165, 1.54) is 60.3 Å². The third kappa shape index (κ3) is 5.87. The molecule has 1 aliphatic rings. The third-order valence-electron chi connectivity index (χ3n) is 13.3. The van der Waals surface area contributed by atoms with Gasteiger partial charge in [-0.1, -0.05) is 153 Å². The minimum Gasteiger partial charge on any atom is -0.455 e. The van der Waals surface area contributed by atoms with Crippen LogP contribution in [0, 0.1) is 11.3 Å². The summed E-state index contributed by atoms with van der Waals surface area (Å²) < 4.78 is 6.74. The summed E-state index contributed by atoms with van der Waals surface area (Å²) in [6.45, 7) is 4.67. The lowest BCUT2D eigenvalue weighted by molar-refractivity contribution is 0.660. The number of benzene rings is 10. The lowest BCUT2D eigenvalue weighted by atomic mass is 9.81. The van der Waals surface area contributed by atoms with Crippen molar-refractivity contribution in [3.05, 3.63) is 223 Å². The Balaban J connectivity index is 0.907. The molecule has 0 saturated carbocycles. The van der Waals surface area contributed by atoms with Gasteiger partial charge >= 0.3 is 0 Å². The van der Waals surface area contributed by atoms with E-state index in [9.17, 15) is 5.26 Å². The van der Waals surface area contributed by atoms with Crippen molar-refractivity contribution >= 4 is 60.5 Å². The molecule has 1 aliphatic carbocycles. The first-order valence-electron chi connectivity index (χ1n) is 21.5. The number of rotatable bonds is 6. The van der Waals surface area contributed by atoms with Gasteiger partial charge in [0.05, 0.1) is 11.6 Å². The summed E-state index contributed by atoms with van der Waals surface area (Å²) in [6.07, 6.45) is 0. The number of hydrogen-bond donors (Lipinski definition) is 0. The van der Waals surface area contributed by atoms with E-state index in [4.69, 9.17) is 4.42 Å². The molecule has 12 rings (SSSR count). The number of hydrogen-bond acceptors (Lipinski definition) is 3. The Morgan fingerprint density at radius 2 is 0.968 bits per heavy atom. The fourth-order valence-electron chi connectivity index (χ4n) is 10.1. The van der Waals surface area contributed by atoms with Gasteiger partial charge in [0.2, 0.25) is 0 Å². The van der Waals surface area contributed by atoms with Crippen molar-refractivity contribution in [1.29, 1.82) is 5.26 Å². The Kier molecular flexibility index (Phi) is 8.26. The molecule has 3 heteroatoms. The molecular weight excluding hydrogens is 765 g/mol. The van der Waals surface area contributed by atoms with Crippen LogP contribution < -0.4 is 4.90 Å². The molecule has 10 aromatic carbocycles. The largest absolute Gasteiger partial charge is 0.455 e. The summed E-state index contributed by atoms with van der Waals surface area (Å²) in [6, 6.07) is 76.0. The number of nitrogens with zero attached hydrogens (tertiary/aromatic N) is 2. The van der Waals surface area contributed by atoms with Crippen LogP contribution >= 0.6 is 0 Å². The Hall–Kier alpha value is -8.19. The molecule has 1 heterocycles. The Labute approximate surface area is 366 Å². The summed E-state index contributed by atoms with van der Waals surface area (Å²) in [5.74, 6) is 0. The predicted octanol–water partition coefficient (Wildman–Crippen LogP) is 16.5. The molecule has 0 unspecified atom stereocenters. The van der Waals surface area contributed by atoms with E-state index in [1.807, 2.05) is 24.3 Å².